The molecule has 0 aromatic heterocycles. The second kappa shape index (κ2) is 7.28. The second-order valence-electron chi connectivity index (χ2n) is 7.06. The van der Waals surface area contributed by atoms with Crippen LogP contribution in [0.25, 0.3) is 0 Å². The molecule has 0 heterocycles. The maximum Gasteiger partial charge on any atom is 0.120 e. The first-order valence-corrected chi connectivity index (χ1v) is 8.22. The minimum absolute atomic E-state index is 0.194. The molecule has 2 rings (SSSR count). The van der Waals surface area contributed by atoms with Crippen molar-refractivity contribution < 1.29 is 4.74 Å². The normalized spacial score (nSPS) is 27.6. The van der Waals surface area contributed by atoms with Crippen LogP contribution in [0.1, 0.15) is 58.6 Å². The Hall–Kier alpha value is -1.06. The first-order chi connectivity index (χ1) is 9.99. The van der Waals surface area contributed by atoms with Crippen molar-refractivity contribution in [2.24, 2.45) is 23.6 Å². The molecule has 21 heavy (non-hydrogen) atoms. The molecule has 0 radical (unpaired) electrons. The van der Waals surface area contributed by atoms with Gasteiger partial charge in [0.2, 0.25) is 0 Å². The summed E-state index contributed by atoms with van der Waals surface area (Å²) < 4.78 is 5.81. The molecule has 1 aromatic rings. The monoisotopic (exact) mass is 290 g/mol. The van der Waals surface area contributed by atoms with Gasteiger partial charge in [-0.1, -0.05) is 26.0 Å². The molecule has 0 bridgehead atoms. The Labute approximate surface area is 129 Å². The van der Waals surface area contributed by atoms with Crippen LogP contribution in [0.2, 0.25) is 0 Å². The average molecular weight is 290 g/mol. The third-order valence-electron chi connectivity index (χ3n) is 4.45. The topological polar surface area (TPSA) is 47.3 Å². The van der Waals surface area contributed by atoms with E-state index in [4.69, 9.17) is 10.6 Å². The Morgan fingerprint density at radius 1 is 1.14 bits per heavy atom. The van der Waals surface area contributed by atoms with Crippen molar-refractivity contribution in [2.75, 3.05) is 0 Å². The maximum absolute atomic E-state index is 5.89. The highest BCUT2D eigenvalue weighted by Gasteiger charge is 2.30. The summed E-state index contributed by atoms with van der Waals surface area (Å²) >= 11 is 0. The van der Waals surface area contributed by atoms with Gasteiger partial charge in [0.05, 0.1) is 6.10 Å². The zero-order valence-corrected chi connectivity index (χ0v) is 13.8. The number of benzene rings is 1. The van der Waals surface area contributed by atoms with Crippen molar-refractivity contribution in [1.29, 1.82) is 0 Å². The largest absolute Gasteiger partial charge is 0.491 e. The molecule has 118 valence electrons. The van der Waals surface area contributed by atoms with Crippen LogP contribution >= 0.6 is 0 Å². The molecule has 3 nitrogen and oxygen atoms in total. The first-order valence-electron chi connectivity index (χ1n) is 8.22. The molecule has 3 unspecified atom stereocenters. The average Bonchev–Trinajstić information content (AvgIpc) is 2.38. The highest BCUT2D eigenvalue weighted by Crippen LogP contribution is 2.40. The molecule has 1 saturated carbocycles. The molecule has 3 heteroatoms. The van der Waals surface area contributed by atoms with Gasteiger partial charge in [-0.3, -0.25) is 11.3 Å². The van der Waals surface area contributed by atoms with E-state index in [1.807, 2.05) is 6.07 Å². The van der Waals surface area contributed by atoms with Crippen LogP contribution in [0.5, 0.6) is 5.75 Å². The third kappa shape index (κ3) is 4.45. The predicted octanol–water partition coefficient (Wildman–Crippen LogP) is 4.05. The fourth-order valence-corrected chi connectivity index (χ4v) is 3.84. The van der Waals surface area contributed by atoms with Gasteiger partial charge in [0.15, 0.2) is 0 Å². The lowest BCUT2D eigenvalue weighted by Gasteiger charge is -2.36. The lowest BCUT2D eigenvalue weighted by Crippen LogP contribution is -2.37. The van der Waals surface area contributed by atoms with Gasteiger partial charge in [-0.15, -0.1) is 0 Å². The maximum atomic E-state index is 5.89. The van der Waals surface area contributed by atoms with Crippen molar-refractivity contribution in [3.8, 4) is 5.75 Å². The van der Waals surface area contributed by atoms with Gasteiger partial charge in [-0.05, 0) is 68.6 Å². The number of rotatable bonds is 5. The van der Waals surface area contributed by atoms with Gasteiger partial charge in [0.1, 0.15) is 5.75 Å². The Kier molecular flexibility index (Phi) is 5.65. The first kappa shape index (κ1) is 16.3. The fourth-order valence-electron chi connectivity index (χ4n) is 3.84. The summed E-state index contributed by atoms with van der Waals surface area (Å²) in [5.74, 6) is 8.98. The number of hydrazine groups is 1. The van der Waals surface area contributed by atoms with Crippen LogP contribution in [0.15, 0.2) is 24.3 Å². The Balaban J connectivity index is 2.16. The SMILES string of the molecule is CC1CC(C)CC(C(NN)c2cccc(OC(C)C)c2)C1. The summed E-state index contributed by atoms with van der Waals surface area (Å²) in [6.07, 6.45) is 4.02. The van der Waals surface area contributed by atoms with E-state index in [1.54, 1.807) is 0 Å². The van der Waals surface area contributed by atoms with Crippen molar-refractivity contribution in [3.05, 3.63) is 29.8 Å². The molecule has 3 atom stereocenters. The minimum atomic E-state index is 0.194. The lowest BCUT2D eigenvalue weighted by molar-refractivity contribution is 0.176. The minimum Gasteiger partial charge on any atom is -0.491 e. The molecular formula is C18H30N2O. The summed E-state index contributed by atoms with van der Waals surface area (Å²) in [5.41, 5.74) is 4.29. The zero-order chi connectivity index (χ0) is 15.4. The van der Waals surface area contributed by atoms with E-state index in [-0.39, 0.29) is 12.1 Å². The Morgan fingerprint density at radius 3 is 2.38 bits per heavy atom. The van der Waals surface area contributed by atoms with Gasteiger partial charge in [0.25, 0.3) is 0 Å². The molecule has 1 aromatic carbocycles. The number of hydrogen-bond acceptors (Lipinski definition) is 3. The molecule has 0 saturated heterocycles. The summed E-state index contributed by atoms with van der Waals surface area (Å²) in [4.78, 5) is 0. The number of ether oxygens (including phenoxy) is 1. The summed E-state index contributed by atoms with van der Waals surface area (Å²) in [6.45, 7) is 8.81. The molecule has 0 aliphatic heterocycles. The van der Waals surface area contributed by atoms with E-state index in [0.29, 0.717) is 5.92 Å². The van der Waals surface area contributed by atoms with Gasteiger partial charge < -0.3 is 4.74 Å². The van der Waals surface area contributed by atoms with Crippen LogP contribution in [0, 0.1) is 17.8 Å². The van der Waals surface area contributed by atoms with Crippen LogP contribution in [-0.4, -0.2) is 6.10 Å². The molecule has 1 fully saturated rings. The van der Waals surface area contributed by atoms with E-state index >= 15 is 0 Å². The molecular weight excluding hydrogens is 260 g/mol. The standard InChI is InChI=1S/C18H30N2O/c1-12(2)21-17-7-5-6-15(11-17)18(20-19)16-9-13(3)8-14(4)10-16/h5-7,11-14,16,18,20H,8-10,19H2,1-4H3. The molecule has 0 amide bonds. The quantitative estimate of drug-likeness (QED) is 0.635. The molecule has 0 spiro atoms. The van der Waals surface area contributed by atoms with Crippen LogP contribution in [0.3, 0.4) is 0 Å². The zero-order valence-electron chi connectivity index (χ0n) is 13.8. The van der Waals surface area contributed by atoms with E-state index in [0.717, 1.165) is 17.6 Å². The van der Waals surface area contributed by atoms with Crippen LogP contribution < -0.4 is 16.0 Å². The Bertz CT molecular complexity index is 437. The van der Waals surface area contributed by atoms with Crippen molar-refractivity contribution in [3.63, 3.8) is 0 Å². The van der Waals surface area contributed by atoms with Crippen molar-refractivity contribution in [1.82, 2.24) is 5.43 Å². The van der Waals surface area contributed by atoms with Crippen molar-refractivity contribution >= 4 is 0 Å². The highest BCUT2D eigenvalue weighted by atomic mass is 16.5. The predicted molar refractivity (Wildman–Crippen MR) is 87.9 cm³/mol. The summed E-state index contributed by atoms with van der Waals surface area (Å²) in [6, 6.07) is 8.58. The lowest BCUT2D eigenvalue weighted by atomic mass is 9.72. The number of hydrogen-bond donors (Lipinski definition) is 2. The summed E-state index contributed by atoms with van der Waals surface area (Å²) in [7, 11) is 0. The number of nitrogens with two attached hydrogens (primary N) is 1. The van der Waals surface area contributed by atoms with Crippen LogP contribution in [-0.2, 0) is 0 Å². The molecule has 3 N–H and O–H groups in total. The van der Waals surface area contributed by atoms with Gasteiger partial charge in [-0.2, -0.15) is 0 Å². The van der Waals surface area contributed by atoms with Crippen LogP contribution in [0.4, 0.5) is 0 Å². The summed E-state index contributed by atoms with van der Waals surface area (Å²) in [5, 5.41) is 0. The van der Waals surface area contributed by atoms with E-state index < -0.39 is 0 Å². The van der Waals surface area contributed by atoms with Gasteiger partial charge in [0, 0.05) is 6.04 Å². The second-order valence-corrected chi connectivity index (χ2v) is 7.06. The third-order valence-corrected chi connectivity index (χ3v) is 4.45. The van der Waals surface area contributed by atoms with Crippen molar-refractivity contribution in [2.45, 2.75) is 59.1 Å². The fraction of sp³-hybridized carbons (Fsp3) is 0.667. The molecule has 1 aliphatic carbocycles. The van der Waals surface area contributed by atoms with E-state index in [9.17, 15) is 0 Å². The smallest absolute Gasteiger partial charge is 0.120 e. The Morgan fingerprint density at radius 2 is 1.81 bits per heavy atom. The van der Waals surface area contributed by atoms with Gasteiger partial charge in [-0.25, -0.2) is 0 Å². The van der Waals surface area contributed by atoms with E-state index in [1.165, 1.54) is 24.8 Å². The molecule has 1 aliphatic rings. The number of nitrogens with one attached hydrogen (secondary N) is 1. The van der Waals surface area contributed by atoms with Gasteiger partial charge >= 0.3 is 0 Å². The highest BCUT2D eigenvalue weighted by molar-refractivity contribution is 5.31. The van der Waals surface area contributed by atoms with E-state index in [2.05, 4.69) is 51.3 Å².